The summed E-state index contributed by atoms with van der Waals surface area (Å²) in [6, 6.07) is 0. The molecule has 1 aliphatic rings. The van der Waals surface area contributed by atoms with Crippen LogP contribution in [0.5, 0.6) is 0 Å². The largest absolute Gasteiger partial charge is 0.314 e. The molecule has 1 saturated carbocycles. The molecule has 0 spiro atoms. The van der Waals surface area contributed by atoms with E-state index in [0.717, 1.165) is 19.4 Å². The molecule has 0 amide bonds. The van der Waals surface area contributed by atoms with Gasteiger partial charge in [0.25, 0.3) is 0 Å². The quantitative estimate of drug-likeness (QED) is 0.736. The molecule has 1 atom stereocenters. The molecule has 1 fully saturated rings. The molecule has 84 valence electrons. The Morgan fingerprint density at radius 1 is 1.29 bits per heavy atom. The lowest BCUT2D eigenvalue weighted by atomic mass is 9.69. The van der Waals surface area contributed by atoms with Crippen LogP contribution in [0, 0.1) is 10.8 Å². The number of rotatable bonds is 4. The highest BCUT2D eigenvalue weighted by Crippen LogP contribution is 2.61. The maximum atomic E-state index is 15.0. The van der Waals surface area contributed by atoms with Crippen molar-refractivity contribution < 1.29 is 4.39 Å². The fraction of sp³-hybridized carbons (Fsp3) is 1.00. The van der Waals surface area contributed by atoms with Crippen molar-refractivity contribution in [3.05, 3.63) is 0 Å². The third-order valence-corrected chi connectivity index (χ3v) is 3.76. The second kappa shape index (κ2) is 3.48. The molecule has 1 nitrogen and oxygen atoms in total. The molecule has 0 saturated heterocycles. The summed E-state index contributed by atoms with van der Waals surface area (Å²) in [5.74, 6) is 0. The molecule has 0 aliphatic heterocycles. The van der Waals surface area contributed by atoms with E-state index in [4.69, 9.17) is 0 Å². The summed E-state index contributed by atoms with van der Waals surface area (Å²) in [4.78, 5) is 0. The summed E-state index contributed by atoms with van der Waals surface area (Å²) in [6.45, 7) is 11.5. The third kappa shape index (κ3) is 1.81. The highest BCUT2D eigenvalue weighted by Gasteiger charge is 2.61. The van der Waals surface area contributed by atoms with Crippen molar-refractivity contribution in [1.82, 2.24) is 5.32 Å². The fourth-order valence-corrected chi connectivity index (χ4v) is 2.26. The van der Waals surface area contributed by atoms with Crippen molar-refractivity contribution in [3.8, 4) is 0 Å². The Labute approximate surface area is 87.5 Å². The predicted molar refractivity (Wildman–Crippen MR) is 59.2 cm³/mol. The van der Waals surface area contributed by atoms with Crippen LogP contribution < -0.4 is 5.32 Å². The summed E-state index contributed by atoms with van der Waals surface area (Å²) in [7, 11) is 0. The molecular weight excluding hydrogens is 177 g/mol. The second-order valence-corrected chi connectivity index (χ2v) is 5.89. The minimum Gasteiger partial charge on any atom is -0.314 e. The Balaban J connectivity index is 2.80. The number of halogens is 1. The molecule has 1 unspecified atom stereocenters. The number of hydrogen-bond donors (Lipinski definition) is 1. The van der Waals surface area contributed by atoms with Crippen LogP contribution >= 0.6 is 0 Å². The fourth-order valence-electron chi connectivity index (χ4n) is 2.26. The van der Waals surface area contributed by atoms with Gasteiger partial charge in [-0.3, -0.25) is 0 Å². The summed E-state index contributed by atoms with van der Waals surface area (Å²) >= 11 is 0. The summed E-state index contributed by atoms with van der Waals surface area (Å²) in [6.07, 6.45) is 2.07. The van der Waals surface area contributed by atoms with E-state index < -0.39 is 5.67 Å². The van der Waals surface area contributed by atoms with E-state index in [-0.39, 0.29) is 10.8 Å². The Kier molecular flexibility index (Phi) is 2.97. The molecule has 0 heterocycles. The molecule has 0 aromatic heterocycles. The van der Waals surface area contributed by atoms with Gasteiger partial charge in [0.15, 0.2) is 0 Å². The first kappa shape index (κ1) is 12.0. The van der Waals surface area contributed by atoms with Crippen LogP contribution in [-0.2, 0) is 0 Å². The van der Waals surface area contributed by atoms with E-state index in [9.17, 15) is 4.39 Å². The Morgan fingerprint density at radius 2 is 1.79 bits per heavy atom. The molecular formula is C12H24FN. The van der Waals surface area contributed by atoms with Gasteiger partial charge in [-0.25, -0.2) is 4.39 Å². The molecule has 0 aromatic rings. The molecule has 0 radical (unpaired) electrons. The van der Waals surface area contributed by atoms with Gasteiger partial charge >= 0.3 is 0 Å². The van der Waals surface area contributed by atoms with Crippen molar-refractivity contribution in [2.24, 2.45) is 10.8 Å². The zero-order chi connectivity index (χ0) is 11.0. The highest BCUT2D eigenvalue weighted by molar-refractivity contribution is 5.11. The Hall–Kier alpha value is -0.110. The lowest BCUT2D eigenvalue weighted by Gasteiger charge is -2.43. The van der Waals surface area contributed by atoms with Crippen molar-refractivity contribution in [2.75, 3.05) is 13.1 Å². The summed E-state index contributed by atoms with van der Waals surface area (Å²) in [5.41, 5.74) is -1.44. The maximum Gasteiger partial charge on any atom is 0.133 e. The van der Waals surface area contributed by atoms with Crippen molar-refractivity contribution in [3.63, 3.8) is 0 Å². The molecule has 0 bridgehead atoms. The van der Waals surface area contributed by atoms with Gasteiger partial charge < -0.3 is 5.32 Å². The van der Waals surface area contributed by atoms with E-state index in [1.807, 2.05) is 27.7 Å². The van der Waals surface area contributed by atoms with E-state index in [1.165, 1.54) is 0 Å². The van der Waals surface area contributed by atoms with Gasteiger partial charge in [0.2, 0.25) is 0 Å². The summed E-state index contributed by atoms with van der Waals surface area (Å²) < 4.78 is 15.0. The number of hydrogen-bond acceptors (Lipinski definition) is 1. The van der Waals surface area contributed by atoms with Crippen LogP contribution in [0.3, 0.4) is 0 Å². The Morgan fingerprint density at radius 3 is 2.07 bits per heavy atom. The predicted octanol–water partition coefficient (Wildman–Crippen LogP) is 3.15. The molecule has 1 rings (SSSR count). The highest BCUT2D eigenvalue weighted by atomic mass is 19.1. The minimum absolute atomic E-state index is 0.0899. The van der Waals surface area contributed by atoms with Crippen LogP contribution in [0.2, 0.25) is 0 Å². The van der Waals surface area contributed by atoms with Gasteiger partial charge in [-0.2, -0.15) is 0 Å². The van der Waals surface area contributed by atoms with Crippen LogP contribution in [0.15, 0.2) is 0 Å². The normalized spacial score (nSPS) is 24.4. The smallest absolute Gasteiger partial charge is 0.133 e. The standard InChI is InChI=1S/C12H24FN/c1-6-14-9-12(13,10(2,3)4)11(5)7-8-11/h14H,6-9H2,1-5H3. The number of alkyl halides is 1. The first-order valence-electron chi connectivity index (χ1n) is 5.66. The van der Waals surface area contributed by atoms with Crippen molar-refractivity contribution in [2.45, 2.75) is 53.1 Å². The van der Waals surface area contributed by atoms with Gasteiger partial charge in [0, 0.05) is 12.0 Å². The monoisotopic (exact) mass is 201 g/mol. The van der Waals surface area contributed by atoms with Gasteiger partial charge in [-0.1, -0.05) is 34.6 Å². The number of nitrogens with one attached hydrogen (secondary N) is 1. The first-order valence-corrected chi connectivity index (χ1v) is 5.66. The topological polar surface area (TPSA) is 12.0 Å². The van der Waals surface area contributed by atoms with E-state index >= 15 is 0 Å². The maximum absolute atomic E-state index is 15.0. The third-order valence-electron chi connectivity index (χ3n) is 3.76. The zero-order valence-corrected chi connectivity index (χ0v) is 10.2. The summed E-state index contributed by atoms with van der Waals surface area (Å²) in [5, 5.41) is 3.17. The zero-order valence-electron chi connectivity index (χ0n) is 10.2. The van der Waals surface area contributed by atoms with E-state index in [2.05, 4.69) is 12.2 Å². The van der Waals surface area contributed by atoms with Crippen molar-refractivity contribution >= 4 is 0 Å². The Bertz CT molecular complexity index is 196. The van der Waals surface area contributed by atoms with Crippen LogP contribution in [0.25, 0.3) is 0 Å². The van der Waals surface area contributed by atoms with E-state index in [1.54, 1.807) is 0 Å². The average molecular weight is 201 g/mol. The average Bonchev–Trinajstić information content (AvgIpc) is 2.78. The lowest BCUT2D eigenvalue weighted by Crippen LogP contribution is -2.52. The molecule has 14 heavy (non-hydrogen) atoms. The lowest BCUT2D eigenvalue weighted by molar-refractivity contribution is -0.0331. The first-order chi connectivity index (χ1) is 6.27. The van der Waals surface area contributed by atoms with Gasteiger partial charge in [0.1, 0.15) is 5.67 Å². The molecule has 0 aromatic carbocycles. The molecule has 2 heteroatoms. The van der Waals surface area contributed by atoms with Crippen LogP contribution in [-0.4, -0.2) is 18.8 Å². The van der Waals surface area contributed by atoms with E-state index in [0.29, 0.717) is 6.54 Å². The van der Waals surface area contributed by atoms with Gasteiger partial charge in [-0.15, -0.1) is 0 Å². The molecule has 1 aliphatic carbocycles. The van der Waals surface area contributed by atoms with Gasteiger partial charge in [-0.05, 0) is 24.8 Å². The SMILES string of the molecule is CCNCC(F)(C(C)(C)C)C1(C)CC1. The minimum atomic E-state index is -1.07. The van der Waals surface area contributed by atoms with Crippen LogP contribution in [0.4, 0.5) is 4.39 Å². The van der Waals surface area contributed by atoms with Crippen LogP contribution in [0.1, 0.15) is 47.5 Å². The second-order valence-electron chi connectivity index (χ2n) is 5.89. The van der Waals surface area contributed by atoms with Crippen molar-refractivity contribution in [1.29, 1.82) is 0 Å². The van der Waals surface area contributed by atoms with Gasteiger partial charge in [0.05, 0.1) is 0 Å². The molecule has 1 N–H and O–H groups in total.